The van der Waals surface area contributed by atoms with Gasteiger partial charge in [-0.3, -0.25) is 0 Å². The van der Waals surface area contributed by atoms with E-state index in [2.05, 4.69) is 127 Å². The fourth-order valence-corrected chi connectivity index (χ4v) is 9.32. The van der Waals surface area contributed by atoms with Crippen molar-refractivity contribution in [1.82, 2.24) is 0 Å². The molecule has 2 heteroatoms. The minimum atomic E-state index is -0.518. The molecule has 51 heavy (non-hydrogen) atoms. The lowest BCUT2D eigenvalue weighted by Crippen LogP contribution is -2.26. The van der Waals surface area contributed by atoms with Gasteiger partial charge in [0.15, 0.2) is 0 Å². The number of nitrogens with zero attached hydrogens (tertiary/aromatic N) is 1. The second kappa shape index (κ2) is 10.5. The smallest absolute Gasteiger partial charge is 0.147 e. The van der Waals surface area contributed by atoms with Gasteiger partial charge in [-0.1, -0.05) is 133 Å². The van der Waals surface area contributed by atoms with Crippen LogP contribution in [0.2, 0.25) is 0 Å². The Bertz CT molecular complexity index is 2840. The van der Waals surface area contributed by atoms with E-state index >= 15 is 4.39 Å². The van der Waals surface area contributed by atoms with Crippen LogP contribution < -0.4 is 4.90 Å². The molecule has 1 nitrogen and oxygen atoms in total. The van der Waals surface area contributed by atoms with Gasteiger partial charge in [-0.2, -0.15) is 0 Å². The molecule has 2 aliphatic rings. The Morgan fingerprint density at radius 3 is 1.71 bits per heavy atom. The Hall–Kier alpha value is -6.51. The lowest BCUT2D eigenvalue weighted by Gasteiger charge is -2.32. The van der Waals surface area contributed by atoms with Crippen LogP contribution in [0.4, 0.5) is 21.5 Å². The second-order valence-corrected chi connectivity index (χ2v) is 13.7. The van der Waals surface area contributed by atoms with Gasteiger partial charge < -0.3 is 4.90 Å². The zero-order chi connectivity index (χ0) is 33.7. The third kappa shape index (κ3) is 3.74. The Morgan fingerprint density at radius 2 is 0.980 bits per heavy atom. The van der Waals surface area contributed by atoms with Crippen molar-refractivity contribution in [3.8, 4) is 22.3 Å². The van der Waals surface area contributed by atoms with Gasteiger partial charge in [0, 0.05) is 11.4 Å². The largest absolute Gasteiger partial charge is 0.308 e. The molecule has 0 aliphatic heterocycles. The van der Waals surface area contributed by atoms with Crippen molar-refractivity contribution >= 4 is 49.4 Å². The Morgan fingerprint density at radius 1 is 0.392 bits per heavy atom. The molecule has 0 atom stereocenters. The number of para-hydroxylation sites is 2. The van der Waals surface area contributed by atoms with Crippen LogP contribution in [-0.2, 0) is 5.41 Å². The molecule has 0 saturated carbocycles. The lowest BCUT2D eigenvalue weighted by molar-refractivity contribution is 0.629. The highest BCUT2D eigenvalue weighted by Crippen LogP contribution is 2.65. The van der Waals surface area contributed by atoms with Gasteiger partial charge in [-0.25, -0.2) is 4.39 Å². The number of anilines is 3. The maximum atomic E-state index is 15.6. The van der Waals surface area contributed by atoms with Crippen molar-refractivity contribution in [2.45, 2.75) is 5.41 Å². The summed E-state index contributed by atoms with van der Waals surface area (Å²) in [5, 5.41) is 7.37. The maximum Gasteiger partial charge on any atom is 0.147 e. The summed E-state index contributed by atoms with van der Waals surface area (Å²) in [4.78, 5) is 2.02. The number of fused-ring (bicyclic) bond motifs is 16. The third-order valence-electron chi connectivity index (χ3n) is 11.3. The fraction of sp³-hybridized carbons (Fsp3) is 0.0204. The van der Waals surface area contributed by atoms with E-state index in [9.17, 15) is 0 Å². The van der Waals surface area contributed by atoms with Crippen LogP contribution >= 0.6 is 0 Å². The molecule has 0 aromatic heterocycles. The minimum Gasteiger partial charge on any atom is -0.308 e. The molecule has 0 bridgehead atoms. The third-order valence-corrected chi connectivity index (χ3v) is 11.3. The summed E-state index contributed by atoms with van der Waals surface area (Å²) in [7, 11) is 0. The molecule has 0 N–H and O–H groups in total. The van der Waals surface area contributed by atoms with E-state index in [1.54, 1.807) is 6.07 Å². The topological polar surface area (TPSA) is 3.24 Å². The first kappa shape index (κ1) is 28.3. The second-order valence-electron chi connectivity index (χ2n) is 13.7. The van der Waals surface area contributed by atoms with E-state index in [0.717, 1.165) is 22.1 Å². The predicted octanol–water partition coefficient (Wildman–Crippen LogP) is 13.1. The lowest BCUT2D eigenvalue weighted by atomic mass is 9.69. The molecule has 0 heterocycles. The zero-order valence-corrected chi connectivity index (χ0v) is 27.6. The van der Waals surface area contributed by atoms with Crippen LogP contribution in [0, 0.1) is 5.82 Å². The average molecular weight is 652 g/mol. The summed E-state index contributed by atoms with van der Waals surface area (Å²) in [6.45, 7) is 0. The highest BCUT2D eigenvalue weighted by molar-refractivity contribution is 6.20. The quantitative estimate of drug-likeness (QED) is 0.172. The Labute approximate surface area is 295 Å². The molecule has 9 aromatic carbocycles. The van der Waals surface area contributed by atoms with E-state index < -0.39 is 5.41 Å². The molecule has 11 rings (SSSR count). The van der Waals surface area contributed by atoms with Gasteiger partial charge >= 0.3 is 0 Å². The van der Waals surface area contributed by atoms with Gasteiger partial charge in [-0.05, 0) is 125 Å². The van der Waals surface area contributed by atoms with E-state index in [4.69, 9.17) is 0 Å². The molecule has 0 amide bonds. The summed E-state index contributed by atoms with van der Waals surface area (Å²) in [5.41, 5.74) is 12.3. The zero-order valence-electron chi connectivity index (χ0n) is 27.6. The van der Waals surface area contributed by atoms with E-state index in [1.165, 1.54) is 72.1 Å². The number of hydrogen-bond donors (Lipinski definition) is 0. The van der Waals surface area contributed by atoms with Crippen LogP contribution in [0.5, 0.6) is 0 Å². The number of benzene rings is 9. The highest BCUT2D eigenvalue weighted by Gasteiger charge is 2.53. The SMILES string of the molecule is Fc1ccccc1N(c1ccccc1)c1ccc2cc3c(cc2c1)C1(c2ccccc2-c2ccccc21)c1c-3c2ccccc2c2ccccc12. The minimum absolute atomic E-state index is 0.261. The normalized spacial score (nSPS) is 13.4. The first-order valence-electron chi connectivity index (χ1n) is 17.5. The van der Waals surface area contributed by atoms with Crippen molar-refractivity contribution in [3.05, 3.63) is 210 Å². The molecular formula is C49H30FN. The van der Waals surface area contributed by atoms with Crippen LogP contribution in [0.1, 0.15) is 22.3 Å². The highest BCUT2D eigenvalue weighted by atomic mass is 19.1. The molecule has 0 saturated heterocycles. The predicted molar refractivity (Wildman–Crippen MR) is 210 cm³/mol. The van der Waals surface area contributed by atoms with Gasteiger partial charge in [-0.15, -0.1) is 0 Å². The van der Waals surface area contributed by atoms with Crippen LogP contribution in [0.15, 0.2) is 182 Å². The van der Waals surface area contributed by atoms with Crippen LogP contribution in [0.3, 0.4) is 0 Å². The molecular weight excluding hydrogens is 622 g/mol. The van der Waals surface area contributed by atoms with Gasteiger partial charge in [0.25, 0.3) is 0 Å². The summed E-state index contributed by atoms with van der Waals surface area (Å²) >= 11 is 0. The van der Waals surface area contributed by atoms with Crippen LogP contribution in [-0.4, -0.2) is 0 Å². The van der Waals surface area contributed by atoms with E-state index in [1.807, 2.05) is 47.4 Å². The summed E-state index contributed by atoms with van der Waals surface area (Å²) in [5.74, 6) is -0.261. The van der Waals surface area contributed by atoms with Crippen molar-refractivity contribution < 1.29 is 4.39 Å². The molecule has 9 aromatic rings. The number of halogens is 1. The summed E-state index contributed by atoms with van der Waals surface area (Å²) in [6.07, 6.45) is 0. The molecule has 0 radical (unpaired) electrons. The maximum absolute atomic E-state index is 15.6. The average Bonchev–Trinajstić information content (AvgIpc) is 3.66. The molecule has 0 unspecified atom stereocenters. The van der Waals surface area contributed by atoms with E-state index in [0.29, 0.717) is 5.69 Å². The van der Waals surface area contributed by atoms with Gasteiger partial charge in [0.1, 0.15) is 5.82 Å². The first-order valence-corrected chi connectivity index (χ1v) is 17.5. The Kier molecular flexibility index (Phi) is 5.83. The molecule has 2 aliphatic carbocycles. The van der Waals surface area contributed by atoms with Gasteiger partial charge in [0.05, 0.1) is 11.1 Å². The Balaban J connectivity index is 1.28. The van der Waals surface area contributed by atoms with E-state index in [-0.39, 0.29) is 5.82 Å². The van der Waals surface area contributed by atoms with Crippen molar-refractivity contribution in [2.75, 3.05) is 4.90 Å². The molecule has 0 fully saturated rings. The summed E-state index contributed by atoms with van der Waals surface area (Å²) < 4.78 is 15.6. The van der Waals surface area contributed by atoms with Crippen molar-refractivity contribution in [2.24, 2.45) is 0 Å². The van der Waals surface area contributed by atoms with Gasteiger partial charge in [0.2, 0.25) is 0 Å². The molecule has 238 valence electrons. The fourth-order valence-electron chi connectivity index (χ4n) is 9.32. The molecule has 1 spiro atoms. The van der Waals surface area contributed by atoms with Crippen molar-refractivity contribution in [1.29, 1.82) is 0 Å². The number of rotatable bonds is 3. The van der Waals surface area contributed by atoms with Crippen LogP contribution in [0.25, 0.3) is 54.6 Å². The summed E-state index contributed by atoms with van der Waals surface area (Å²) in [6, 6.07) is 64.3. The monoisotopic (exact) mass is 651 g/mol. The standard InChI is InChI=1S/C49H30FN/c50-45-24-12-13-25-46(45)51(33-14-2-1-3-15-33)34-27-26-31-29-41-44(30-32(31)28-34)49(42-22-10-8-18-37(42)38-19-9-11-23-43(38)49)48-40-21-7-5-17-36(40)35-16-4-6-20-39(35)47(41)48/h1-30H. The first-order chi connectivity index (χ1) is 25.2. The van der Waals surface area contributed by atoms with Crippen molar-refractivity contribution in [3.63, 3.8) is 0 Å². The number of hydrogen-bond acceptors (Lipinski definition) is 1.